The summed E-state index contributed by atoms with van der Waals surface area (Å²) < 4.78 is 1.75. The van der Waals surface area contributed by atoms with Crippen LogP contribution in [0.5, 0.6) is 0 Å². The molecule has 72 valence electrons. The molecule has 0 saturated heterocycles. The molecule has 4 heteroatoms. The van der Waals surface area contributed by atoms with Crippen LogP contribution in [0.15, 0.2) is 30.7 Å². The summed E-state index contributed by atoms with van der Waals surface area (Å²) in [5, 5.41) is 4.20. The molecule has 14 heavy (non-hydrogen) atoms. The van der Waals surface area contributed by atoms with Crippen LogP contribution in [0.4, 0.5) is 5.69 Å². The van der Waals surface area contributed by atoms with Crippen LogP contribution in [0.25, 0.3) is 5.82 Å². The van der Waals surface area contributed by atoms with Crippen molar-refractivity contribution < 1.29 is 0 Å². The van der Waals surface area contributed by atoms with Crippen molar-refractivity contribution in [3.8, 4) is 5.82 Å². The van der Waals surface area contributed by atoms with Gasteiger partial charge in [0.1, 0.15) is 0 Å². The summed E-state index contributed by atoms with van der Waals surface area (Å²) in [7, 11) is 0. The van der Waals surface area contributed by atoms with Crippen molar-refractivity contribution in [1.29, 1.82) is 0 Å². The van der Waals surface area contributed by atoms with Crippen LogP contribution in [0.2, 0.25) is 0 Å². The molecule has 0 aliphatic heterocycles. The van der Waals surface area contributed by atoms with E-state index in [1.807, 2.05) is 24.5 Å². The minimum atomic E-state index is 0.664. The fourth-order valence-corrected chi connectivity index (χ4v) is 1.20. The van der Waals surface area contributed by atoms with Gasteiger partial charge in [-0.2, -0.15) is 5.10 Å². The molecule has 2 heterocycles. The zero-order chi connectivity index (χ0) is 9.97. The second-order valence-corrected chi connectivity index (χ2v) is 3.10. The highest BCUT2D eigenvalue weighted by Gasteiger charge is 1.99. The molecule has 2 aromatic rings. The first kappa shape index (κ1) is 8.74. The number of hydrogen-bond acceptors (Lipinski definition) is 3. The Labute approximate surface area is 82.4 Å². The normalized spacial score (nSPS) is 10.4. The van der Waals surface area contributed by atoms with E-state index in [0.29, 0.717) is 5.69 Å². The quantitative estimate of drug-likeness (QED) is 0.775. The number of aromatic nitrogens is 3. The Bertz CT molecular complexity index is 416. The highest BCUT2D eigenvalue weighted by molar-refractivity contribution is 5.38. The molecule has 2 rings (SSSR count). The lowest BCUT2D eigenvalue weighted by atomic mass is 10.3. The van der Waals surface area contributed by atoms with E-state index in [2.05, 4.69) is 17.0 Å². The van der Waals surface area contributed by atoms with Crippen LogP contribution < -0.4 is 5.73 Å². The van der Waals surface area contributed by atoms with Crippen molar-refractivity contribution in [3.63, 3.8) is 0 Å². The summed E-state index contributed by atoms with van der Waals surface area (Å²) in [5.41, 5.74) is 7.41. The predicted octanol–water partition coefficient (Wildman–Crippen LogP) is 1.41. The van der Waals surface area contributed by atoms with Crippen LogP contribution in [0.3, 0.4) is 0 Å². The number of pyridine rings is 1. The minimum Gasteiger partial charge on any atom is -0.397 e. The van der Waals surface area contributed by atoms with Crippen LogP contribution in [0.1, 0.15) is 12.5 Å². The Balaban J connectivity index is 2.34. The molecule has 0 radical (unpaired) electrons. The third kappa shape index (κ3) is 1.59. The lowest BCUT2D eigenvalue weighted by molar-refractivity contribution is 0.847. The van der Waals surface area contributed by atoms with E-state index >= 15 is 0 Å². The van der Waals surface area contributed by atoms with Crippen molar-refractivity contribution in [2.45, 2.75) is 13.3 Å². The lowest BCUT2D eigenvalue weighted by Gasteiger charge is -1.99. The number of nitrogens with zero attached hydrogens (tertiary/aromatic N) is 3. The summed E-state index contributed by atoms with van der Waals surface area (Å²) in [6, 6.07) is 3.66. The van der Waals surface area contributed by atoms with Crippen LogP contribution in [-0.4, -0.2) is 14.8 Å². The molecule has 0 bridgehead atoms. The van der Waals surface area contributed by atoms with Crippen LogP contribution in [0, 0.1) is 0 Å². The maximum Gasteiger partial charge on any atom is 0.153 e. The molecular weight excluding hydrogens is 176 g/mol. The smallest absolute Gasteiger partial charge is 0.153 e. The molecular formula is C10H12N4. The van der Waals surface area contributed by atoms with E-state index in [0.717, 1.165) is 12.2 Å². The van der Waals surface area contributed by atoms with E-state index in [1.54, 1.807) is 10.9 Å². The average Bonchev–Trinajstić information content (AvgIpc) is 2.67. The third-order valence-electron chi connectivity index (χ3n) is 2.05. The van der Waals surface area contributed by atoms with Gasteiger partial charge in [0.25, 0.3) is 0 Å². The van der Waals surface area contributed by atoms with E-state index in [4.69, 9.17) is 5.73 Å². The zero-order valence-corrected chi connectivity index (χ0v) is 8.01. The monoisotopic (exact) mass is 188 g/mol. The van der Waals surface area contributed by atoms with E-state index < -0.39 is 0 Å². The molecule has 0 fully saturated rings. The molecule has 0 unspecified atom stereocenters. The van der Waals surface area contributed by atoms with E-state index in [9.17, 15) is 0 Å². The Hall–Kier alpha value is -1.84. The van der Waals surface area contributed by atoms with Gasteiger partial charge < -0.3 is 5.73 Å². The fourth-order valence-electron chi connectivity index (χ4n) is 1.20. The summed E-state index contributed by atoms with van der Waals surface area (Å²) in [5.74, 6) is 0.791. The fraction of sp³-hybridized carbons (Fsp3) is 0.200. The summed E-state index contributed by atoms with van der Waals surface area (Å²) in [4.78, 5) is 4.17. The van der Waals surface area contributed by atoms with Gasteiger partial charge in [0.2, 0.25) is 0 Å². The maximum absolute atomic E-state index is 5.54. The summed E-state index contributed by atoms with van der Waals surface area (Å²) in [6.45, 7) is 2.10. The minimum absolute atomic E-state index is 0.664. The highest BCUT2D eigenvalue weighted by Crippen LogP contribution is 2.07. The largest absolute Gasteiger partial charge is 0.397 e. The second-order valence-electron chi connectivity index (χ2n) is 3.10. The molecule has 0 saturated carbocycles. The molecule has 0 atom stereocenters. The maximum atomic E-state index is 5.54. The van der Waals surface area contributed by atoms with Gasteiger partial charge in [-0.3, -0.25) is 0 Å². The van der Waals surface area contributed by atoms with Gasteiger partial charge in [-0.25, -0.2) is 9.67 Å². The number of anilines is 1. The standard InChI is InChI=1S/C10H12N4/c1-2-8-5-13-14(7-8)10-4-3-9(11)6-12-10/h3-7H,2,11H2,1H3. The third-order valence-corrected chi connectivity index (χ3v) is 2.05. The number of nitrogens with two attached hydrogens (primary N) is 1. The Morgan fingerprint density at radius 3 is 2.79 bits per heavy atom. The first-order chi connectivity index (χ1) is 6.79. The summed E-state index contributed by atoms with van der Waals surface area (Å²) >= 11 is 0. The molecule has 2 N–H and O–H groups in total. The Morgan fingerprint density at radius 2 is 2.21 bits per heavy atom. The van der Waals surface area contributed by atoms with Crippen molar-refractivity contribution in [1.82, 2.24) is 14.8 Å². The molecule has 4 nitrogen and oxygen atoms in total. The van der Waals surface area contributed by atoms with Gasteiger partial charge >= 0.3 is 0 Å². The van der Waals surface area contributed by atoms with Gasteiger partial charge in [-0.05, 0) is 24.1 Å². The average molecular weight is 188 g/mol. The van der Waals surface area contributed by atoms with Gasteiger partial charge in [0, 0.05) is 6.20 Å². The number of aryl methyl sites for hydroxylation is 1. The van der Waals surface area contributed by atoms with Crippen molar-refractivity contribution in [2.75, 3.05) is 5.73 Å². The van der Waals surface area contributed by atoms with Crippen molar-refractivity contribution >= 4 is 5.69 Å². The molecule has 0 aliphatic rings. The Kier molecular flexibility index (Phi) is 2.18. The highest BCUT2D eigenvalue weighted by atomic mass is 15.3. The number of hydrogen-bond donors (Lipinski definition) is 1. The number of nitrogen functional groups attached to an aromatic ring is 1. The zero-order valence-electron chi connectivity index (χ0n) is 8.01. The van der Waals surface area contributed by atoms with Crippen LogP contribution in [-0.2, 0) is 6.42 Å². The van der Waals surface area contributed by atoms with E-state index in [1.165, 1.54) is 5.56 Å². The summed E-state index contributed by atoms with van der Waals surface area (Å²) in [6.07, 6.45) is 6.42. The first-order valence-electron chi connectivity index (χ1n) is 4.55. The molecule has 0 aromatic carbocycles. The lowest BCUT2D eigenvalue weighted by Crippen LogP contribution is -1.98. The Morgan fingerprint density at radius 1 is 1.36 bits per heavy atom. The van der Waals surface area contributed by atoms with Crippen molar-refractivity contribution in [2.24, 2.45) is 0 Å². The molecule has 0 aliphatic carbocycles. The van der Waals surface area contributed by atoms with E-state index in [-0.39, 0.29) is 0 Å². The number of rotatable bonds is 2. The van der Waals surface area contributed by atoms with Gasteiger partial charge in [0.15, 0.2) is 5.82 Å². The SMILES string of the molecule is CCc1cnn(-c2ccc(N)cn2)c1. The first-order valence-corrected chi connectivity index (χ1v) is 4.55. The van der Waals surface area contributed by atoms with Gasteiger partial charge in [0.05, 0.1) is 18.1 Å². The van der Waals surface area contributed by atoms with Crippen LogP contribution >= 0.6 is 0 Å². The predicted molar refractivity (Wildman–Crippen MR) is 55.1 cm³/mol. The molecule has 0 amide bonds. The van der Waals surface area contributed by atoms with Gasteiger partial charge in [-0.15, -0.1) is 0 Å². The second kappa shape index (κ2) is 3.49. The molecule has 2 aromatic heterocycles. The van der Waals surface area contributed by atoms with Gasteiger partial charge in [-0.1, -0.05) is 6.92 Å². The topological polar surface area (TPSA) is 56.7 Å². The van der Waals surface area contributed by atoms with Crippen molar-refractivity contribution in [3.05, 3.63) is 36.3 Å². The molecule has 0 spiro atoms.